The highest BCUT2D eigenvalue weighted by Crippen LogP contribution is 2.27. The van der Waals surface area contributed by atoms with Crippen molar-refractivity contribution in [3.8, 4) is 6.07 Å². The number of rotatable bonds is 7. The van der Waals surface area contributed by atoms with Gasteiger partial charge in [-0.2, -0.15) is 5.26 Å². The SMILES string of the molecule is CN/C=C(\C=N)c1ccc(NC(=N)C2=C(NC3COC3)CCN(C(C)=O)C2)c(F)c1C#N. The van der Waals surface area contributed by atoms with Crippen LogP contribution >= 0.6 is 0 Å². The Kier molecular flexibility index (Phi) is 7.22. The third-order valence-corrected chi connectivity index (χ3v) is 5.39. The summed E-state index contributed by atoms with van der Waals surface area (Å²) in [5, 5.41) is 34.5. The van der Waals surface area contributed by atoms with Crippen LogP contribution < -0.4 is 16.0 Å². The number of anilines is 1. The van der Waals surface area contributed by atoms with Gasteiger partial charge in [0, 0.05) is 61.8 Å². The summed E-state index contributed by atoms with van der Waals surface area (Å²) in [6.07, 6.45) is 3.09. The highest BCUT2D eigenvalue weighted by molar-refractivity contribution is 6.10. The van der Waals surface area contributed by atoms with Gasteiger partial charge in [0.25, 0.3) is 0 Å². The van der Waals surface area contributed by atoms with Gasteiger partial charge in [0.05, 0.1) is 37.1 Å². The molecule has 1 aromatic rings. The maximum atomic E-state index is 15.2. The molecule has 2 aliphatic heterocycles. The van der Waals surface area contributed by atoms with Crippen molar-refractivity contribution in [3.63, 3.8) is 0 Å². The van der Waals surface area contributed by atoms with Crippen molar-refractivity contribution in [1.29, 1.82) is 16.1 Å². The van der Waals surface area contributed by atoms with E-state index in [1.165, 1.54) is 25.3 Å². The maximum Gasteiger partial charge on any atom is 0.219 e. The zero-order chi connectivity index (χ0) is 23.3. The molecule has 2 aliphatic rings. The second kappa shape index (κ2) is 10.1. The smallest absolute Gasteiger partial charge is 0.219 e. The van der Waals surface area contributed by atoms with Gasteiger partial charge in [0.15, 0.2) is 5.82 Å². The lowest BCUT2D eigenvalue weighted by atomic mass is 9.99. The summed E-state index contributed by atoms with van der Waals surface area (Å²) < 4.78 is 20.4. The molecular formula is C22H26FN7O2. The number of benzene rings is 1. The lowest BCUT2D eigenvalue weighted by molar-refractivity contribution is -0.128. The van der Waals surface area contributed by atoms with Crippen molar-refractivity contribution in [2.45, 2.75) is 19.4 Å². The average molecular weight is 439 g/mol. The standard InChI is InChI=1S/C22H26FN7O2/c1-13(31)30-6-5-19(28-15-11-32-12-15)18(10-30)22(26)29-20-4-3-16(14(7-24)9-27-2)17(8-25)21(20)23/h3-4,7,9,15,24,27-28H,5-6,10-12H2,1-2H3,(H2,26,29)/b14-9+,24-7?. The number of allylic oxidation sites excluding steroid dienone is 1. The number of ether oxygens (including phenoxy) is 1. The fourth-order valence-electron chi connectivity index (χ4n) is 3.57. The number of amidine groups is 1. The number of nitrogens with one attached hydrogen (secondary N) is 5. The molecule has 0 saturated carbocycles. The predicted octanol–water partition coefficient (Wildman–Crippen LogP) is 1.79. The molecule has 0 radical (unpaired) electrons. The first kappa shape index (κ1) is 23.0. The van der Waals surface area contributed by atoms with Crippen LogP contribution in [0.5, 0.6) is 0 Å². The molecular weight excluding hydrogens is 413 g/mol. The largest absolute Gasteiger partial charge is 0.393 e. The highest BCUT2D eigenvalue weighted by atomic mass is 19.1. The fraction of sp³-hybridized carbons (Fsp3) is 0.364. The molecule has 0 atom stereocenters. The van der Waals surface area contributed by atoms with Gasteiger partial charge in [-0.3, -0.25) is 10.2 Å². The van der Waals surface area contributed by atoms with Crippen molar-refractivity contribution in [2.24, 2.45) is 0 Å². The minimum Gasteiger partial charge on any atom is -0.393 e. The van der Waals surface area contributed by atoms with E-state index in [2.05, 4.69) is 16.0 Å². The Bertz CT molecular complexity index is 1040. The lowest BCUT2D eigenvalue weighted by Crippen LogP contribution is -2.49. The van der Waals surface area contributed by atoms with E-state index in [1.807, 2.05) is 6.07 Å². The zero-order valence-electron chi connectivity index (χ0n) is 18.0. The van der Waals surface area contributed by atoms with Crippen LogP contribution in [0.1, 0.15) is 24.5 Å². The summed E-state index contributed by atoms with van der Waals surface area (Å²) in [6, 6.07) is 4.97. The Hall–Kier alpha value is -3.71. The molecule has 168 valence electrons. The van der Waals surface area contributed by atoms with E-state index in [4.69, 9.17) is 15.6 Å². The van der Waals surface area contributed by atoms with Gasteiger partial charge in [0.2, 0.25) is 5.91 Å². The Balaban J connectivity index is 1.91. The summed E-state index contributed by atoms with van der Waals surface area (Å²) in [7, 11) is 1.65. The molecule has 0 bridgehead atoms. The minimum absolute atomic E-state index is 0.0251. The summed E-state index contributed by atoms with van der Waals surface area (Å²) in [4.78, 5) is 13.5. The van der Waals surface area contributed by atoms with E-state index in [0.29, 0.717) is 37.3 Å². The molecule has 1 amide bonds. The maximum absolute atomic E-state index is 15.2. The fourth-order valence-corrected chi connectivity index (χ4v) is 3.57. The number of halogens is 1. The topological polar surface area (TPSA) is 137 Å². The first-order chi connectivity index (χ1) is 15.4. The number of hydrogen-bond acceptors (Lipinski definition) is 7. The number of amides is 1. The third-order valence-electron chi connectivity index (χ3n) is 5.39. The van der Waals surface area contributed by atoms with Gasteiger partial charge in [-0.05, 0) is 6.07 Å². The molecule has 2 heterocycles. The molecule has 10 heteroatoms. The highest BCUT2D eigenvalue weighted by Gasteiger charge is 2.28. The van der Waals surface area contributed by atoms with Gasteiger partial charge in [-0.1, -0.05) is 6.07 Å². The summed E-state index contributed by atoms with van der Waals surface area (Å²) in [5.41, 5.74) is 1.78. The summed E-state index contributed by atoms with van der Waals surface area (Å²) in [5.74, 6) is -0.952. The number of carbonyl (C=O) groups is 1. The molecule has 1 aromatic carbocycles. The van der Waals surface area contributed by atoms with Crippen LogP contribution in [0.25, 0.3) is 5.57 Å². The molecule has 0 aromatic heterocycles. The molecule has 9 nitrogen and oxygen atoms in total. The Morgan fingerprint density at radius 1 is 1.41 bits per heavy atom. The molecule has 5 N–H and O–H groups in total. The van der Waals surface area contributed by atoms with Crippen LogP contribution in [0.2, 0.25) is 0 Å². The third kappa shape index (κ3) is 4.78. The van der Waals surface area contributed by atoms with E-state index in [1.54, 1.807) is 11.9 Å². The van der Waals surface area contributed by atoms with Crippen molar-refractivity contribution in [1.82, 2.24) is 15.5 Å². The van der Waals surface area contributed by atoms with Gasteiger partial charge in [-0.15, -0.1) is 0 Å². The van der Waals surface area contributed by atoms with Gasteiger partial charge in [-0.25, -0.2) is 4.39 Å². The van der Waals surface area contributed by atoms with Crippen LogP contribution in [0, 0.1) is 28.0 Å². The quantitative estimate of drug-likeness (QED) is 0.324. The van der Waals surface area contributed by atoms with E-state index >= 15 is 4.39 Å². The van der Waals surface area contributed by atoms with Gasteiger partial charge < -0.3 is 31.0 Å². The second-order valence-electron chi connectivity index (χ2n) is 7.52. The minimum atomic E-state index is -0.805. The first-order valence-corrected chi connectivity index (χ1v) is 10.2. The number of nitriles is 1. The van der Waals surface area contributed by atoms with E-state index < -0.39 is 5.82 Å². The van der Waals surface area contributed by atoms with E-state index in [-0.39, 0.29) is 41.1 Å². The predicted molar refractivity (Wildman–Crippen MR) is 120 cm³/mol. The van der Waals surface area contributed by atoms with Crippen LogP contribution in [0.15, 0.2) is 29.6 Å². The lowest BCUT2D eigenvalue weighted by Gasteiger charge is -2.35. The van der Waals surface area contributed by atoms with Crippen LogP contribution in [-0.4, -0.2) is 62.3 Å². The molecule has 0 unspecified atom stereocenters. The molecule has 0 spiro atoms. The molecule has 3 rings (SSSR count). The van der Waals surface area contributed by atoms with Gasteiger partial charge in [0.1, 0.15) is 11.9 Å². The van der Waals surface area contributed by atoms with Crippen molar-refractivity contribution < 1.29 is 13.9 Å². The molecule has 1 saturated heterocycles. The van der Waals surface area contributed by atoms with Crippen LogP contribution in [-0.2, 0) is 9.53 Å². The number of nitrogens with zero attached hydrogens (tertiary/aromatic N) is 2. The Morgan fingerprint density at radius 2 is 2.16 bits per heavy atom. The molecule has 1 fully saturated rings. The normalized spacial score (nSPS) is 16.7. The van der Waals surface area contributed by atoms with Crippen LogP contribution in [0.4, 0.5) is 10.1 Å². The number of carbonyl (C=O) groups excluding carboxylic acids is 1. The molecule has 0 aliphatic carbocycles. The summed E-state index contributed by atoms with van der Waals surface area (Å²) >= 11 is 0. The Morgan fingerprint density at radius 3 is 2.72 bits per heavy atom. The monoisotopic (exact) mass is 439 g/mol. The first-order valence-electron chi connectivity index (χ1n) is 10.2. The second-order valence-corrected chi connectivity index (χ2v) is 7.52. The van der Waals surface area contributed by atoms with E-state index in [9.17, 15) is 10.1 Å². The number of hydrogen-bond donors (Lipinski definition) is 5. The zero-order valence-corrected chi connectivity index (χ0v) is 18.0. The summed E-state index contributed by atoms with van der Waals surface area (Å²) in [6.45, 7) is 3.39. The van der Waals surface area contributed by atoms with Crippen LogP contribution in [0.3, 0.4) is 0 Å². The van der Waals surface area contributed by atoms with Crippen molar-refractivity contribution in [2.75, 3.05) is 38.7 Å². The van der Waals surface area contributed by atoms with Gasteiger partial charge >= 0.3 is 0 Å². The Labute approximate surface area is 185 Å². The van der Waals surface area contributed by atoms with E-state index in [0.717, 1.165) is 11.9 Å². The molecule has 32 heavy (non-hydrogen) atoms. The van der Waals surface area contributed by atoms with Crippen molar-refractivity contribution in [3.05, 3.63) is 46.5 Å². The van der Waals surface area contributed by atoms with Crippen molar-refractivity contribution >= 4 is 29.2 Å². The average Bonchev–Trinajstić information content (AvgIpc) is 2.75.